The molecule has 180 valence electrons. The van der Waals surface area contributed by atoms with E-state index in [2.05, 4.69) is 5.32 Å². The molecule has 8 heteroatoms. The van der Waals surface area contributed by atoms with Crippen LogP contribution >= 0.6 is 0 Å². The molecule has 5 rings (SSSR count). The molecule has 0 aromatic heterocycles. The van der Waals surface area contributed by atoms with E-state index in [-0.39, 0.29) is 42.6 Å². The topological polar surface area (TPSA) is 104 Å². The Morgan fingerprint density at radius 3 is 1.72 bits per heavy atom. The number of amides is 5. The highest BCUT2D eigenvalue weighted by atomic mass is 16.2. The van der Waals surface area contributed by atoms with Crippen molar-refractivity contribution < 1.29 is 24.0 Å². The summed E-state index contributed by atoms with van der Waals surface area (Å²) in [6.07, 6.45) is 1.15. The molecule has 3 aromatic carbocycles. The molecule has 5 amide bonds. The molecular weight excluding hydrogens is 458 g/mol. The van der Waals surface area contributed by atoms with E-state index in [9.17, 15) is 24.0 Å². The molecule has 0 unspecified atom stereocenters. The summed E-state index contributed by atoms with van der Waals surface area (Å²) in [6.45, 7) is 0.746. The third-order valence-corrected chi connectivity index (χ3v) is 6.38. The molecule has 0 saturated carbocycles. The normalized spacial score (nSPS) is 14.3. The molecule has 0 atom stereocenters. The smallest absolute Gasteiger partial charge is 0.261 e. The van der Waals surface area contributed by atoms with Crippen LogP contribution < -0.4 is 5.32 Å². The van der Waals surface area contributed by atoms with Crippen molar-refractivity contribution in [1.82, 2.24) is 15.1 Å². The van der Waals surface area contributed by atoms with Gasteiger partial charge in [0.2, 0.25) is 0 Å². The van der Waals surface area contributed by atoms with Crippen LogP contribution in [0.2, 0.25) is 0 Å². The van der Waals surface area contributed by atoms with Gasteiger partial charge in [-0.15, -0.1) is 0 Å². The van der Waals surface area contributed by atoms with Crippen molar-refractivity contribution in [3.63, 3.8) is 0 Å². The zero-order valence-corrected chi connectivity index (χ0v) is 19.4. The van der Waals surface area contributed by atoms with Gasteiger partial charge in [-0.25, -0.2) is 0 Å². The fourth-order valence-electron chi connectivity index (χ4n) is 4.52. The van der Waals surface area contributed by atoms with Gasteiger partial charge >= 0.3 is 0 Å². The van der Waals surface area contributed by atoms with Gasteiger partial charge in [-0.2, -0.15) is 0 Å². The van der Waals surface area contributed by atoms with Crippen molar-refractivity contribution in [1.29, 1.82) is 0 Å². The summed E-state index contributed by atoms with van der Waals surface area (Å²) in [6, 6.07) is 20.3. The number of hydrogen-bond donors (Lipinski definition) is 1. The molecule has 2 heterocycles. The van der Waals surface area contributed by atoms with Crippen LogP contribution in [0.1, 0.15) is 70.2 Å². The van der Waals surface area contributed by atoms with E-state index in [0.29, 0.717) is 52.8 Å². The van der Waals surface area contributed by atoms with Crippen LogP contribution in [-0.2, 0) is 6.54 Å². The van der Waals surface area contributed by atoms with Crippen LogP contribution in [0.4, 0.5) is 0 Å². The molecule has 0 radical (unpaired) electrons. The monoisotopic (exact) mass is 481 g/mol. The largest absolute Gasteiger partial charge is 0.352 e. The van der Waals surface area contributed by atoms with Crippen LogP contribution in [0.5, 0.6) is 0 Å². The fraction of sp³-hybridized carbons (Fsp3) is 0.179. The Morgan fingerprint density at radius 1 is 0.639 bits per heavy atom. The zero-order chi connectivity index (χ0) is 25.2. The van der Waals surface area contributed by atoms with Crippen LogP contribution in [-0.4, -0.2) is 52.4 Å². The highest BCUT2D eigenvalue weighted by Gasteiger charge is 2.35. The van der Waals surface area contributed by atoms with Crippen molar-refractivity contribution in [2.45, 2.75) is 19.4 Å². The Hall–Kier alpha value is -4.59. The molecule has 3 aromatic rings. The molecule has 1 N–H and O–H groups in total. The maximum atomic E-state index is 12.6. The molecule has 0 saturated heterocycles. The number of fused-ring (bicyclic) bond motifs is 2. The lowest BCUT2D eigenvalue weighted by atomic mass is 10.1. The molecule has 0 spiro atoms. The number of carbonyl (C=O) groups is 5. The van der Waals surface area contributed by atoms with Gasteiger partial charge in [0.25, 0.3) is 29.5 Å². The lowest BCUT2D eigenvalue weighted by Gasteiger charge is -2.15. The molecular formula is C28H23N3O5. The summed E-state index contributed by atoms with van der Waals surface area (Å²) >= 11 is 0. The van der Waals surface area contributed by atoms with Gasteiger partial charge in [-0.1, -0.05) is 36.4 Å². The van der Waals surface area contributed by atoms with Crippen LogP contribution in [0.15, 0.2) is 72.8 Å². The number of nitrogens with one attached hydrogen (secondary N) is 1. The minimum absolute atomic E-state index is 0.0771. The summed E-state index contributed by atoms with van der Waals surface area (Å²) in [5.41, 5.74) is 2.72. The first-order chi connectivity index (χ1) is 17.5. The summed E-state index contributed by atoms with van der Waals surface area (Å²) in [5.74, 6) is -1.53. The molecule has 36 heavy (non-hydrogen) atoms. The number of rotatable bonds is 8. The predicted molar refractivity (Wildman–Crippen MR) is 130 cm³/mol. The minimum atomic E-state index is -0.344. The average molecular weight is 482 g/mol. The first kappa shape index (κ1) is 23.2. The summed E-state index contributed by atoms with van der Waals surface area (Å²) in [7, 11) is 0. The number of nitrogens with zero attached hydrogens (tertiary/aromatic N) is 2. The second-order valence-electron chi connectivity index (χ2n) is 8.71. The maximum absolute atomic E-state index is 12.6. The van der Waals surface area contributed by atoms with Gasteiger partial charge in [0.1, 0.15) is 0 Å². The van der Waals surface area contributed by atoms with Crippen LogP contribution in [0, 0.1) is 0 Å². The van der Waals surface area contributed by atoms with Gasteiger partial charge in [0.05, 0.1) is 28.8 Å². The molecule has 2 aliphatic heterocycles. The van der Waals surface area contributed by atoms with Crippen LogP contribution in [0.3, 0.4) is 0 Å². The SMILES string of the molecule is O=C(NCCCCN1C(=O)c2ccccc2C1=O)c1cccc(CN2C(=O)c3ccccc3C2=O)c1. The molecule has 8 nitrogen and oxygen atoms in total. The van der Waals surface area contributed by atoms with Crippen LogP contribution in [0.25, 0.3) is 0 Å². The van der Waals surface area contributed by atoms with Crippen molar-refractivity contribution in [2.75, 3.05) is 13.1 Å². The first-order valence-electron chi connectivity index (χ1n) is 11.7. The minimum Gasteiger partial charge on any atom is -0.352 e. The quantitative estimate of drug-likeness (QED) is 0.393. The number of carbonyl (C=O) groups excluding carboxylic acids is 5. The zero-order valence-electron chi connectivity index (χ0n) is 19.4. The van der Waals surface area contributed by atoms with E-state index >= 15 is 0 Å². The molecule has 2 aliphatic rings. The van der Waals surface area contributed by atoms with Crippen molar-refractivity contribution >= 4 is 29.5 Å². The Balaban J connectivity index is 1.12. The third kappa shape index (κ3) is 4.17. The van der Waals surface area contributed by atoms with Crippen molar-refractivity contribution in [2.24, 2.45) is 0 Å². The number of benzene rings is 3. The number of hydrogen-bond acceptors (Lipinski definition) is 5. The van der Waals surface area contributed by atoms with E-state index in [0.717, 1.165) is 0 Å². The van der Waals surface area contributed by atoms with Gasteiger partial charge in [0.15, 0.2) is 0 Å². The maximum Gasteiger partial charge on any atom is 0.261 e. The lowest BCUT2D eigenvalue weighted by Crippen LogP contribution is -2.31. The van der Waals surface area contributed by atoms with E-state index in [4.69, 9.17) is 0 Å². The van der Waals surface area contributed by atoms with Gasteiger partial charge in [0, 0.05) is 18.7 Å². The molecule has 0 bridgehead atoms. The number of unbranched alkanes of at least 4 members (excludes halogenated alkanes) is 1. The highest BCUT2D eigenvalue weighted by molar-refractivity contribution is 6.22. The summed E-state index contributed by atoms with van der Waals surface area (Å²) in [4.78, 5) is 65.1. The predicted octanol–water partition coefficient (Wildman–Crippen LogP) is 3.29. The fourth-order valence-corrected chi connectivity index (χ4v) is 4.52. The van der Waals surface area contributed by atoms with E-state index in [1.807, 2.05) is 0 Å². The van der Waals surface area contributed by atoms with Gasteiger partial charge < -0.3 is 5.32 Å². The Morgan fingerprint density at radius 2 is 1.17 bits per heavy atom. The first-order valence-corrected chi connectivity index (χ1v) is 11.7. The summed E-state index contributed by atoms with van der Waals surface area (Å²) in [5, 5.41) is 2.84. The Kier molecular flexibility index (Phi) is 6.16. The standard InChI is InChI=1S/C28H23N3O5/c32-24(29-14-5-6-15-30-25(33)20-10-1-2-11-21(20)26(30)34)19-9-7-8-18(16-19)17-31-27(35)22-12-3-4-13-23(22)28(31)36/h1-4,7-13,16H,5-6,14-15,17H2,(H,29,32). The average Bonchev–Trinajstić information content (AvgIpc) is 3.29. The Labute approximate surface area is 207 Å². The van der Waals surface area contributed by atoms with Crippen molar-refractivity contribution in [3.8, 4) is 0 Å². The van der Waals surface area contributed by atoms with E-state index in [1.165, 1.54) is 9.80 Å². The number of imide groups is 2. The summed E-state index contributed by atoms with van der Waals surface area (Å²) < 4.78 is 0. The highest BCUT2D eigenvalue weighted by Crippen LogP contribution is 2.25. The lowest BCUT2D eigenvalue weighted by molar-refractivity contribution is 0.0631. The Bertz CT molecular complexity index is 1340. The van der Waals surface area contributed by atoms with Crippen molar-refractivity contribution in [3.05, 3.63) is 106 Å². The second kappa shape index (κ2) is 9.58. The van der Waals surface area contributed by atoms with E-state index in [1.54, 1.807) is 72.8 Å². The van der Waals surface area contributed by atoms with Gasteiger partial charge in [-0.05, 0) is 54.8 Å². The molecule has 0 fully saturated rings. The second-order valence-corrected chi connectivity index (χ2v) is 8.71. The molecule has 0 aliphatic carbocycles. The van der Waals surface area contributed by atoms with Gasteiger partial charge in [-0.3, -0.25) is 33.8 Å². The third-order valence-electron chi connectivity index (χ3n) is 6.38. The van der Waals surface area contributed by atoms with E-state index < -0.39 is 0 Å².